The van der Waals surface area contributed by atoms with Crippen molar-refractivity contribution in [2.45, 2.75) is 38.0 Å². The van der Waals surface area contributed by atoms with Crippen LogP contribution in [-0.2, 0) is 11.2 Å². The summed E-state index contributed by atoms with van der Waals surface area (Å²) in [6, 6.07) is 8.35. The highest BCUT2D eigenvalue weighted by Crippen LogP contribution is 2.44. The Morgan fingerprint density at radius 2 is 2.16 bits per heavy atom. The molecular formula is C16H22N2O. The number of nitrogens with two attached hydrogens (primary N) is 1. The molecule has 0 saturated heterocycles. The van der Waals surface area contributed by atoms with Gasteiger partial charge in [0, 0.05) is 6.54 Å². The lowest BCUT2D eigenvalue weighted by Crippen LogP contribution is -2.37. The minimum Gasteiger partial charge on any atom is -0.355 e. The van der Waals surface area contributed by atoms with Crippen LogP contribution in [0.2, 0.25) is 0 Å². The molecule has 1 fully saturated rings. The average Bonchev–Trinajstić information content (AvgIpc) is 3.25. The molecule has 1 saturated carbocycles. The van der Waals surface area contributed by atoms with E-state index in [1.165, 1.54) is 11.1 Å². The molecule has 0 heterocycles. The SMILES string of the molecule is NCC1(CNC(=O)C2CCCc3ccccc32)CC1. The third-order valence-corrected chi connectivity index (χ3v) is 4.71. The van der Waals surface area contributed by atoms with Crippen LogP contribution in [0.4, 0.5) is 0 Å². The minimum absolute atomic E-state index is 0.0403. The van der Waals surface area contributed by atoms with Gasteiger partial charge in [0.1, 0.15) is 0 Å². The van der Waals surface area contributed by atoms with E-state index in [2.05, 4.69) is 23.5 Å². The van der Waals surface area contributed by atoms with E-state index in [-0.39, 0.29) is 17.2 Å². The summed E-state index contributed by atoms with van der Waals surface area (Å²) in [7, 11) is 0. The Balaban J connectivity index is 1.67. The molecule has 3 rings (SSSR count). The van der Waals surface area contributed by atoms with Crippen molar-refractivity contribution in [1.29, 1.82) is 0 Å². The van der Waals surface area contributed by atoms with Gasteiger partial charge in [-0.15, -0.1) is 0 Å². The number of carbonyl (C=O) groups excluding carboxylic acids is 1. The molecule has 0 radical (unpaired) electrons. The first-order valence-electron chi connectivity index (χ1n) is 7.30. The summed E-state index contributed by atoms with van der Waals surface area (Å²) in [4.78, 5) is 12.4. The largest absolute Gasteiger partial charge is 0.355 e. The molecule has 3 nitrogen and oxygen atoms in total. The van der Waals surface area contributed by atoms with Gasteiger partial charge in [0.2, 0.25) is 5.91 Å². The van der Waals surface area contributed by atoms with Crippen LogP contribution < -0.4 is 11.1 Å². The van der Waals surface area contributed by atoms with Crippen molar-refractivity contribution in [3.63, 3.8) is 0 Å². The minimum atomic E-state index is 0.0403. The zero-order valence-corrected chi connectivity index (χ0v) is 11.3. The first-order valence-corrected chi connectivity index (χ1v) is 7.30. The lowest BCUT2D eigenvalue weighted by Gasteiger charge is -2.25. The molecule has 0 spiro atoms. The van der Waals surface area contributed by atoms with E-state index in [4.69, 9.17) is 5.73 Å². The first kappa shape index (κ1) is 12.7. The van der Waals surface area contributed by atoms with Crippen molar-refractivity contribution >= 4 is 5.91 Å². The van der Waals surface area contributed by atoms with Crippen LogP contribution in [0.1, 0.15) is 42.7 Å². The van der Waals surface area contributed by atoms with Crippen LogP contribution in [0.5, 0.6) is 0 Å². The van der Waals surface area contributed by atoms with E-state index in [0.29, 0.717) is 6.54 Å². The molecule has 102 valence electrons. The zero-order valence-electron chi connectivity index (χ0n) is 11.3. The predicted molar refractivity (Wildman–Crippen MR) is 75.9 cm³/mol. The predicted octanol–water partition coefficient (Wildman–Crippen LogP) is 1.96. The third kappa shape index (κ3) is 2.52. The number of rotatable bonds is 4. The maximum absolute atomic E-state index is 12.4. The van der Waals surface area contributed by atoms with E-state index < -0.39 is 0 Å². The number of amides is 1. The lowest BCUT2D eigenvalue weighted by atomic mass is 9.82. The van der Waals surface area contributed by atoms with Gasteiger partial charge in [-0.05, 0) is 55.2 Å². The Kier molecular flexibility index (Phi) is 3.31. The second-order valence-electron chi connectivity index (χ2n) is 6.07. The zero-order chi connectivity index (χ0) is 13.3. The lowest BCUT2D eigenvalue weighted by molar-refractivity contribution is -0.123. The molecule has 1 aromatic carbocycles. The first-order chi connectivity index (χ1) is 9.24. The number of hydrogen-bond acceptors (Lipinski definition) is 2. The summed E-state index contributed by atoms with van der Waals surface area (Å²) in [5, 5.41) is 3.13. The smallest absolute Gasteiger partial charge is 0.227 e. The molecule has 2 aliphatic carbocycles. The third-order valence-electron chi connectivity index (χ3n) is 4.71. The van der Waals surface area contributed by atoms with E-state index in [1.807, 2.05) is 6.07 Å². The molecule has 2 aliphatic rings. The van der Waals surface area contributed by atoms with Gasteiger partial charge in [-0.1, -0.05) is 24.3 Å². The molecule has 3 heteroatoms. The summed E-state index contributed by atoms with van der Waals surface area (Å²) in [5.74, 6) is 0.227. The van der Waals surface area contributed by atoms with Gasteiger partial charge in [0.05, 0.1) is 5.92 Å². The van der Waals surface area contributed by atoms with Crippen LogP contribution in [0, 0.1) is 5.41 Å². The van der Waals surface area contributed by atoms with Gasteiger partial charge in [0.15, 0.2) is 0 Å². The topological polar surface area (TPSA) is 55.1 Å². The highest BCUT2D eigenvalue weighted by atomic mass is 16.1. The van der Waals surface area contributed by atoms with Crippen molar-refractivity contribution in [2.24, 2.45) is 11.1 Å². The van der Waals surface area contributed by atoms with Gasteiger partial charge in [-0.3, -0.25) is 4.79 Å². The van der Waals surface area contributed by atoms with Crippen molar-refractivity contribution < 1.29 is 4.79 Å². The van der Waals surface area contributed by atoms with E-state index in [1.54, 1.807) is 0 Å². The van der Waals surface area contributed by atoms with E-state index in [0.717, 1.165) is 38.6 Å². The van der Waals surface area contributed by atoms with Crippen molar-refractivity contribution in [1.82, 2.24) is 5.32 Å². The standard InChI is InChI=1S/C16H22N2O/c17-10-16(8-9-16)11-18-15(19)14-7-3-5-12-4-1-2-6-13(12)14/h1-2,4,6,14H,3,5,7-11,17H2,(H,18,19). The van der Waals surface area contributed by atoms with Gasteiger partial charge in [0.25, 0.3) is 0 Å². The summed E-state index contributed by atoms with van der Waals surface area (Å²) < 4.78 is 0. The van der Waals surface area contributed by atoms with E-state index in [9.17, 15) is 4.79 Å². The fourth-order valence-electron chi connectivity index (χ4n) is 3.05. The Morgan fingerprint density at radius 1 is 1.37 bits per heavy atom. The average molecular weight is 258 g/mol. The van der Waals surface area contributed by atoms with Crippen molar-refractivity contribution in [3.8, 4) is 0 Å². The van der Waals surface area contributed by atoms with Crippen LogP contribution >= 0.6 is 0 Å². The second kappa shape index (κ2) is 4.97. The molecule has 19 heavy (non-hydrogen) atoms. The fourth-order valence-corrected chi connectivity index (χ4v) is 3.05. The van der Waals surface area contributed by atoms with E-state index >= 15 is 0 Å². The van der Waals surface area contributed by atoms with Crippen LogP contribution in [0.15, 0.2) is 24.3 Å². The Morgan fingerprint density at radius 3 is 2.89 bits per heavy atom. The Bertz CT molecular complexity index is 479. The molecule has 1 aromatic rings. The maximum Gasteiger partial charge on any atom is 0.227 e. The summed E-state index contributed by atoms with van der Waals surface area (Å²) in [5.41, 5.74) is 8.54. The number of hydrogen-bond donors (Lipinski definition) is 2. The molecule has 1 atom stereocenters. The molecule has 1 unspecified atom stereocenters. The second-order valence-corrected chi connectivity index (χ2v) is 6.07. The van der Waals surface area contributed by atoms with Gasteiger partial charge >= 0.3 is 0 Å². The van der Waals surface area contributed by atoms with Gasteiger partial charge in [-0.2, -0.15) is 0 Å². The number of benzene rings is 1. The van der Waals surface area contributed by atoms with Gasteiger partial charge < -0.3 is 11.1 Å². The quantitative estimate of drug-likeness (QED) is 0.867. The highest BCUT2D eigenvalue weighted by molar-refractivity contribution is 5.84. The van der Waals surface area contributed by atoms with Crippen LogP contribution in [-0.4, -0.2) is 19.0 Å². The number of aryl methyl sites for hydroxylation is 1. The maximum atomic E-state index is 12.4. The summed E-state index contributed by atoms with van der Waals surface area (Å²) in [6.45, 7) is 1.44. The summed E-state index contributed by atoms with van der Waals surface area (Å²) >= 11 is 0. The van der Waals surface area contributed by atoms with Crippen LogP contribution in [0.25, 0.3) is 0 Å². The van der Waals surface area contributed by atoms with Crippen molar-refractivity contribution in [2.75, 3.05) is 13.1 Å². The molecule has 0 aromatic heterocycles. The monoisotopic (exact) mass is 258 g/mol. The van der Waals surface area contributed by atoms with Gasteiger partial charge in [-0.25, -0.2) is 0 Å². The summed E-state index contributed by atoms with van der Waals surface area (Å²) in [6.07, 6.45) is 5.50. The van der Waals surface area contributed by atoms with Crippen LogP contribution in [0.3, 0.4) is 0 Å². The normalized spacial score (nSPS) is 23.5. The number of nitrogens with one attached hydrogen (secondary N) is 1. The molecule has 0 bridgehead atoms. The molecule has 0 aliphatic heterocycles. The Labute approximate surface area is 114 Å². The molecular weight excluding hydrogens is 236 g/mol. The molecule has 1 amide bonds. The molecule has 3 N–H and O–H groups in total. The van der Waals surface area contributed by atoms with Crippen molar-refractivity contribution in [3.05, 3.63) is 35.4 Å². The fraction of sp³-hybridized carbons (Fsp3) is 0.562. The highest BCUT2D eigenvalue weighted by Gasteiger charge is 2.41. The Hall–Kier alpha value is -1.35. The number of fused-ring (bicyclic) bond motifs is 1. The number of carbonyl (C=O) groups is 1.